The van der Waals surface area contributed by atoms with Crippen molar-refractivity contribution in [3.8, 4) is 5.75 Å². The van der Waals surface area contributed by atoms with Gasteiger partial charge in [0, 0.05) is 25.1 Å². The summed E-state index contributed by atoms with van der Waals surface area (Å²) in [4.78, 5) is 35.4. The van der Waals surface area contributed by atoms with E-state index in [-0.39, 0.29) is 40.0 Å². The van der Waals surface area contributed by atoms with Crippen molar-refractivity contribution in [3.63, 3.8) is 0 Å². The maximum absolute atomic E-state index is 14.7. The first-order valence-electron chi connectivity index (χ1n) is 11.4. The average molecular weight is 548 g/mol. The van der Waals surface area contributed by atoms with E-state index >= 15 is 0 Å². The first-order chi connectivity index (χ1) is 17.8. The van der Waals surface area contributed by atoms with E-state index in [1.54, 1.807) is 19.2 Å². The summed E-state index contributed by atoms with van der Waals surface area (Å²) in [6.07, 6.45) is 3.72. The number of carbonyl (C=O) groups is 2. The topological polar surface area (TPSA) is 106 Å². The first kappa shape index (κ1) is 26.6. The molecule has 1 unspecified atom stereocenters. The molecule has 0 spiro atoms. The Balaban J connectivity index is 1.71. The van der Waals surface area contributed by atoms with Gasteiger partial charge in [-0.05, 0) is 37.1 Å². The minimum absolute atomic E-state index is 0.0601. The maximum atomic E-state index is 14.7. The van der Waals surface area contributed by atoms with Crippen molar-refractivity contribution < 1.29 is 23.5 Å². The second kappa shape index (κ2) is 11.7. The number of amides is 2. The van der Waals surface area contributed by atoms with Crippen molar-refractivity contribution in [2.45, 2.75) is 18.9 Å². The molecule has 194 valence electrons. The molecule has 3 aromatic rings. The largest absolute Gasteiger partial charge is 0.489 e. The molecule has 1 aliphatic heterocycles. The highest BCUT2D eigenvalue weighted by molar-refractivity contribution is 6.42. The highest BCUT2D eigenvalue weighted by atomic mass is 35.5. The van der Waals surface area contributed by atoms with Crippen molar-refractivity contribution in [1.82, 2.24) is 14.9 Å². The lowest BCUT2D eigenvalue weighted by molar-refractivity contribution is -0.132. The Hall–Kier alpha value is -3.47. The number of halogens is 3. The van der Waals surface area contributed by atoms with Gasteiger partial charge in [-0.2, -0.15) is 0 Å². The van der Waals surface area contributed by atoms with Gasteiger partial charge in [-0.1, -0.05) is 29.8 Å². The number of fused-ring (bicyclic) bond motifs is 1. The van der Waals surface area contributed by atoms with Gasteiger partial charge in [-0.25, -0.2) is 14.4 Å². The molecular formula is C25H24Cl2FN5O4. The van der Waals surface area contributed by atoms with Gasteiger partial charge in [0.1, 0.15) is 30.5 Å². The number of hydrogen-bond donors (Lipinski definition) is 2. The van der Waals surface area contributed by atoms with Gasteiger partial charge in [0.25, 0.3) is 0 Å². The molecule has 0 bridgehead atoms. The molecule has 0 radical (unpaired) electrons. The van der Waals surface area contributed by atoms with Gasteiger partial charge in [-0.15, -0.1) is 0 Å². The second-order valence-electron chi connectivity index (χ2n) is 8.16. The van der Waals surface area contributed by atoms with Crippen LogP contribution in [-0.4, -0.2) is 59.6 Å². The smallest absolute Gasteiger partial charge is 0.247 e. The summed E-state index contributed by atoms with van der Waals surface area (Å²) in [7, 11) is 1.55. The number of hydrogen-bond acceptors (Lipinski definition) is 7. The fourth-order valence-corrected chi connectivity index (χ4v) is 4.33. The van der Waals surface area contributed by atoms with E-state index in [1.807, 2.05) is 0 Å². The number of methoxy groups -OCH3 is 1. The lowest BCUT2D eigenvalue weighted by Gasteiger charge is -2.23. The second-order valence-corrected chi connectivity index (χ2v) is 8.95. The predicted molar refractivity (Wildman–Crippen MR) is 140 cm³/mol. The molecule has 2 amide bonds. The van der Waals surface area contributed by atoms with Crippen molar-refractivity contribution in [2.24, 2.45) is 0 Å². The lowest BCUT2D eigenvalue weighted by Crippen LogP contribution is -2.42. The summed E-state index contributed by atoms with van der Waals surface area (Å²) >= 11 is 11.8. The Morgan fingerprint density at radius 3 is 2.81 bits per heavy atom. The van der Waals surface area contributed by atoms with Crippen LogP contribution in [0.5, 0.6) is 5.75 Å². The molecular weight excluding hydrogens is 524 g/mol. The van der Waals surface area contributed by atoms with Crippen LogP contribution in [0.3, 0.4) is 0 Å². The number of carbonyl (C=O) groups excluding carboxylic acids is 2. The van der Waals surface area contributed by atoms with Crippen molar-refractivity contribution in [2.75, 3.05) is 37.5 Å². The molecule has 1 atom stereocenters. The fraction of sp³-hybridized carbons (Fsp3) is 0.280. The SMILES string of the molecule is C=CC(=O)N1CCCC1C(=O)Nc1cc2c(Nc3ccc(Cl)c(Cl)c3F)ncnc2cc1OCCOC. The predicted octanol–water partition coefficient (Wildman–Crippen LogP) is 4.96. The minimum atomic E-state index is -0.734. The summed E-state index contributed by atoms with van der Waals surface area (Å²) in [6.45, 7) is 4.53. The van der Waals surface area contributed by atoms with Crippen molar-refractivity contribution in [1.29, 1.82) is 0 Å². The number of rotatable bonds is 9. The molecule has 2 aromatic carbocycles. The summed E-state index contributed by atoms with van der Waals surface area (Å²) in [5.74, 6) is -0.794. The Morgan fingerprint density at radius 2 is 2.05 bits per heavy atom. The molecule has 9 nitrogen and oxygen atoms in total. The van der Waals surface area contributed by atoms with Gasteiger partial charge in [0.2, 0.25) is 11.8 Å². The zero-order chi connectivity index (χ0) is 26.5. The van der Waals surface area contributed by atoms with Crippen LogP contribution in [0.2, 0.25) is 10.0 Å². The number of nitrogens with zero attached hydrogens (tertiary/aromatic N) is 3. The van der Waals surface area contributed by atoms with Gasteiger partial charge in [0.05, 0.1) is 33.5 Å². The van der Waals surface area contributed by atoms with E-state index in [1.165, 1.54) is 29.4 Å². The molecule has 12 heteroatoms. The van der Waals surface area contributed by atoms with E-state index in [2.05, 4.69) is 27.2 Å². The first-order valence-corrected chi connectivity index (χ1v) is 12.1. The summed E-state index contributed by atoms with van der Waals surface area (Å²) in [5, 5.41) is 6.12. The minimum Gasteiger partial charge on any atom is -0.489 e. The molecule has 1 aromatic heterocycles. The van der Waals surface area contributed by atoms with Crippen LogP contribution in [-0.2, 0) is 14.3 Å². The van der Waals surface area contributed by atoms with Gasteiger partial charge in [0.15, 0.2) is 5.82 Å². The third-order valence-electron chi connectivity index (χ3n) is 5.84. The molecule has 1 fully saturated rings. The molecule has 0 aliphatic carbocycles. The van der Waals surface area contributed by atoms with Crippen LogP contribution in [0.15, 0.2) is 43.2 Å². The average Bonchev–Trinajstić information content (AvgIpc) is 3.39. The number of ether oxygens (including phenoxy) is 2. The number of benzene rings is 2. The molecule has 4 rings (SSSR count). The third kappa shape index (κ3) is 5.76. The Morgan fingerprint density at radius 1 is 1.24 bits per heavy atom. The molecule has 2 N–H and O–H groups in total. The quantitative estimate of drug-likeness (QED) is 0.221. The number of anilines is 3. The Bertz CT molecular complexity index is 1360. The zero-order valence-electron chi connectivity index (χ0n) is 19.9. The van der Waals surface area contributed by atoms with Crippen molar-refractivity contribution >= 4 is 63.1 Å². The zero-order valence-corrected chi connectivity index (χ0v) is 21.4. The maximum Gasteiger partial charge on any atom is 0.247 e. The monoisotopic (exact) mass is 547 g/mol. The molecule has 37 heavy (non-hydrogen) atoms. The van der Waals surface area contributed by atoms with E-state index in [0.717, 1.165) is 0 Å². The normalized spacial score (nSPS) is 15.0. The van der Waals surface area contributed by atoms with Crippen LogP contribution in [0.25, 0.3) is 10.9 Å². The highest BCUT2D eigenvalue weighted by Gasteiger charge is 2.33. The summed E-state index contributed by atoms with van der Waals surface area (Å²) < 4.78 is 25.6. The highest BCUT2D eigenvalue weighted by Crippen LogP contribution is 2.36. The van der Waals surface area contributed by atoms with Gasteiger partial charge < -0.3 is 25.0 Å². The number of nitrogens with one attached hydrogen (secondary N) is 2. The van der Waals surface area contributed by atoms with Crippen LogP contribution in [0.4, 0.5) is 21.6 Å². The number of likely N-dealkylation sites (tertiary alicyclic amines) is 1. The summed E-state index contributed by atoms with van der Waals surface area (Å²) in [6, 6.07) is 5.52. The van der Waals surface area contributed by atoms with E-state index in [9.17, 15) is 14.0 Å². The van der Waals surface area contributed by atoms with Crippen LogP contribution >= 0.6 is 23.2 Å². The summed E-state index contributed by atoms with van der Waals surface area (Å²) in [5.41, 5.74) is 0.872. The molecule has 0 saturated carbocycles. The Labute approximate surface area is 222 Å². The molecule has 2 heterocycles. The van der Waals surface area contributed by atoms with E-state index < -0.39 is 11.9 Å². The van der Waals surface area contributed by atoms with Gasteiger partial charge >= 0.3 is 0 Å². The third-order valence-corrected chi connectivity index (χ3v) is 6.62. The van der Waals surface area contributed by atoms with Crippen LogP contribution in [0, 0.1) is 5.82 Å². The van der Waals surface area contributed by atoms with Gasteiger partial charge in [-0.3, -0.25) is 9.59 Å². The van der Waals surface area contributed by atoms with Crippen LogP contribution < -0.4 is 15.4 Å². The van der Waals surface area contributed by atoms with E-state index in [4.69, 9.17) is 32.7 Å². The fourth-order valence-electron chi connectivity index (χ4n) is 4.02. The van der Waals surface area contributed by atoms with Crippen molar-refractivity contribution in [3.05, 3.63) is 59.1 Å². The Kier molecular flexibility index (Phi) is 8.42. The standard InChI is InChI=1S/C25H24Cl2FN5O4/c1-3-21(34)33-8-4-5-19(33)25(35)32-18-11-14-17(12-20(18)37-10-9-36-2)29-13-30-24(14)31-16-7-6-15(26)22(27)23(16)28/h3,6-7,11-13,19H,1,4-5,8-10H2,2H3,(H,32,35)(H,29,30,31). The van der Waals surface area contributed by atoms with E-state index in [0.29, 0.717) is 48.3 Å². The van der Waals surface area contributed by atoms with Crippen LogP contribution in [0.1, 0.15) is 12.8 Å². The molecule has 1 aliphatic rings. The molecule has 1 saturated heterocycles. The number of aromatic nitrogens is 2. The lowest BCUT2D eigenvalue weighted by atomic mass is 10.1.